The van der Waals surface area contributed by atoms with E-state index in [2.05, 4.69) is 5.32 Å². The lowest BCUT2D eigenvalue weighted by Gasteiger charge is -2.46. The Morgan fingerprint density at radius 1 is 1.55 bits per heavy atom. The Morgan fingerprint density at radius 3 is 2.73 bits per heavy atom. The maximum Gasteiger partial charge on any atom is 0.352 e. The molecule has 0 spiro atoms. The number of β-lactam (4-membered cyclic amide) rings is 1. The number of nitrogens with two attached hydrogens (primary N) is 1. The van der Waals surface area contributed by atoms with Crippen molar-refractivity contribution < 1.29 is 19.8 Å². The number of nitrogens with zero attached hydrogens (tertiary/aromatic N) is 1. The van der Waals surface area contributed by atoms with E-state index in [1.807, 2.05) is 6.92 Å². The van der Waals surface area contributed by atoms with Crippen molar-refractivity contribution in [1.82, 2.24) is 10.2 Å². The quantitative estimate of drug-likeness (QED) is 0.519. The topological polar surface area (TPSA) is 116 Å². The summed E-state index contributed by atoms with van der Waals surface area (Å²) in [4.78, 5) is 25.2. The summed E-state index contributed by atoms with van der Waals surface area (Å²) in [5.41, 5.74) is 6.78. The molecule has 122 valence electrons. The fraction of sp³-hybridized carbons (Fsp3) is 0.733. The summed E-state index contributed by atoms with van der Waals surface area (Å²) in [7, 11) is 0. The van der Waals surface area contributed by atoms with Gasteiger partial charge in [-0.05, 0) is 37.8 Å². The summed E-state index contributed by atoms with van der Waals surface area (Å²) in [6.45, 7) is 4.31. The van der Waals surface area contributed by atoms with Gasteiger partial charge in [-0.25, -0.2) is 4.79 Å². The second-order valence-corrected chi connectivity index (χ2v) is 6.75. The van der Waals surface area contributed by atoms with Gasteiger partial charge in [0.05, 0.1) is 24.2 Å². The molecule has 7 heteroatoms. The van der Waals surface area contributed by atoms with E-state index in [4.69, 9.17) is 5.73 Å². The van der Waals surface area contributed by atoms with Crippen molar-refractivity contribution >= 4 is 11.9 Å². The molecule has 0 saturated carbocycles. The number of carbonyl (C=O) groups excluding carboxylic acids is 1. The van der Waals surface area contributed by atoms with Crippen LogP contribution in [0.5, 0.6) is 0 Å². The second kappa shape index (κ2) is 5.33. The fourth-order valence-electron chi connectivity index (χ4n) is 4.23. The number of hydrogen-bond acceptors (Lipinski definition) is 5. The zero-order chi connectivity index (χ0) is 16.2. The Kier molecular flexibility index (Phi) is 3.74. The molecule has 3 heterocycles. The molecule has 7 nitrogen and oxygen atoms in total. The van der Waals surface area contributed by atoms with E-state index < -0.39 is 18.0 Å². The zero-order valence-electron chi connectivity index (χ0n) is 12.8. The molecule has 0 unspecified atom stereocenters. The first-order valence-electron chi connectivity index (χ1n) is 7.79. The standard InChI is InChI=1S/C15H23N3O4/c1-6-9(3-8-4-10(16)17-5-8)13(15(21)22)18-12(6)11(7(2)19)14(18)20/h6-8,10-12,17,19H,3-5,16H2,1-2H3,(H,21,22)/t6-,7+,8-,10-,11+,12+/m0/s1. The molecule has 2 saturated heterocycles. The van der Waals surface area contributed by atoms with E-state index in [0.29, 0.717) is 12.3 Å². The molecule has 0 aliphatic carbocycles. The van der Waals surface area contributed by atoms with E-state index in [-0.39, 0.29) is 29.7 Å². The van der Waals surface area contributed by atoms with Crippen LogP contribution in [0.2, 0.25) is 0 Å². The molecule has 0 aromatic carbocycles. The van der Waals surface area contributed by atoms with Crippen molar-refractivity contribution in [2.75, 3.05) is 6.54 Å². The van der Waals surface area contributed by atoms with Crippen LogP contribution in [0.25, 0.3) is 0 Å². The van der Waals surface area contributed by atoms with Crippen LogP contribution in [0.4, 0.5) is 0 Å². The molecule has 1 amide bonds. The highest BCUT2D eigenvalue weighted by Crippen LogP contribution is 2.49. The Morgan fingerprint density at radius 2 is 2.23 bits per heavy atom. The largest absolute Gasteiger partial charge is 0.477 e. The third kappa shape index (κ3) is 2.15. The first kappa shape index (κ1) is 15.5. The van der Waals surface area contributed by atoms with Crippen molar-refractivity contribution in [3.63, 3.8) is 0 Å². The molecule has 3 rings (SSSR count). The number of rotatable bonds is 4. The maximum atomic E-state index is 12.2. The van der Waals surface area contributed by atoms with Gasteiger partial charge < -0.3 is 26.2 Å². The lowest BCUT2D eigenvalue weighted by Crippen LogP contribution is -2.63. The molecule has 0 bridgehead atoms. The zero-order valence-corrected chi connectivity index (χ0v) is 12.8. The Bertz CT molecular complexity index is 545. The van der Waals surface area contributed by atoms with Gasteiger partial charge in [0, 0.05) is 5.92 Å². The van der Waals surface area contributed by atoms with Crippen LogP contribution < -0.4 is 11.1 Å². The monoisotopic (exact) mass is 309 g/mol. The highest BCUT2D eigenvalue weighted by molar-refractivity contribution is 6.00. The molecule has 0 radical (unpaired) electrons. The maximum absolute atomic E-state index is 12.2. The summed E-state index contributed by atoms with van der Waals surface area (Å²) < 4.78 is 0. The minimum atomic E-state index is -1.06. The average Bonchev–Trinajstić information content (AvgIpc) is 2.92. The van der Waals surface area contributed by atoms with Gasteiger partial charge in [0.2, 0.25) is 5.91 Å². The van der Waals surface area contributed by atoms with Crippen LogP contribution in [0.1, 0.15) is 26.7 Å². The molecule has 3 aliphatic rings. The van der Waals surface area contributed by atoms with Crippen molar-refractivity contribution in [2.45, 2.75) is 45.0 Å². The van der Waals surface area contributed by atoms with Crippen LogP contribution in [0, 0.1) is 17.8 Å². The van der Waals surface area contributed by atoms with Gasteiger partial charge >= 0.3 is 5.97 Å². The normalized spacial score (nSPS) is 39.0. The van der Waals surface area contributed by atoms with Gasteiger partial charge in [-0.15, -0.1) is 0 Å². The summed E-state index contributed by atoms with van der Waals surface area (Å²) in [6.07, 6.45) is 0.643. The Hall–Kier alpha value is -1.44. The predicted octanol–water partition coefficient (Wildman–Crippen LogP) is -0.533. The third-order valence-electron chi connectivity index (χ3n) is 5.28. The number of nitrogens with one attached hydrogen (secondary N) is 1. The molecule has 5 N–H and O–H groups in total. The van der Waals surface area contributed by atoms with E-state index in [1.165, 1.54) is 4.90 Å². The lowest BCUT2D eigenvalue weighted by molar-refractivity contribution is -0.163. The van der Waals surface area contributed by atoms with Gasteiger partial charge in [-0.1, -0.05) is 6.92 Å². The first-order valence-corrected chi connectivity index (χ1v) is 7.79. The number of carboxylic acid groups (broad SMARTS) is 1. The van der Waals surface area contributed by atoms with Crippen LogP contribution in [-0.2, 0) is 9.59 Å². The summed E-state index contributed by atoms with van der Waals surface area (Å²) in [5, 5.41) is 22.5. The fourth-order valence-corrected chi connectivity index (χ4v) is 4.23. The Balaban J connectivity index is 1.87. The predicted molar refractivity (Wildman–Crippen MR) is 78.3 cm³/mol. The number of amides is 1. The van der Waals surface area contributed by atoms with Crippen LogP contribution in [0.3, 0.4) is 0 Å². The number of fused-ring (bicyclic) bond motifs is 1. The number of carbonyl (C=O) groups is 2. The number of aliphatic hydroxyl groups excluding tert-OH is 1. The van der Waals surface area contributed by atoms with Crippen LogP contribution in [-0.4, -0.2) is 51.8 Å². The second-order valence-electron chi connectivity index (χ2n) is 6.75. The van der Waals surface area contributed by atoms with Gasteiger partial charge in [0.1, 0.15) is 5.70 Å². The molecule has 3 aliphatic heterocycles. The van der Waals surface area contributed by atoms with Gasteiger partial charge in [0.25, 0.3) is 0 Å². The molecule has 0 aromatic heterocycles. The molecule has 0 aromatic rings. The molecule has 6 atom stereocenters. The van der Waals surface area contributed by atoms with Crippen molar-refractivity contribution in [3.8, 4) is 0 Å². The van der Waals surface area contributed by atoms with E-state index in [1.54, 1.807) is 6.92 Å². The van der Waals surface area contributed by atoms with Gasteiger partial charge in [-0.3, -0.25) is 4.79 Å². The van der Waals surface area contributed by atoms with Crippen molar-refractivity contribution in [2.24, 2.45) is 23.5 Å². The number of aliphatic hydroxyl groups is 1. The molecular weight excluding hydrogens is 286 g/mol. The van der Waals surface area contributed by atoms with Gasteiger partial charge in [0.15, 0.2) is 0 Å². The van der Waals surface area contributed by atoms with Gasteiger partial charge in [-0.2, -0.15) is 0 Å². The van der Waals surface area contributed by atoms with E-state index in [9.17, 15) is 19.8 Å². The molecule has 2 fully saturated rings. The van der Waals surface area contributed by atoms with Crippen molar-refractivity contribution in [1.29, 1.82) is 0 Å². The Labute approximate surface area is 129 Å². The molecule has 22 heavy (non-hydrogen) atoms. The summed E-state index contributed by atoms with van der Waals surface area (Å²) in [5.74, 6) is -1.58. The van der Waals surface area contributed by atoms with Crippen LogP contribution in [0.15, 0.2) is 11.3 Å². The van der Waals surface area contributed by atoms with Crippen LogP contribution >= 0.6 is 0 Å². The highest BCUT2D eigenvalue weighted by Gasteiger charge is 2.59. The number of aliphatic carboxylic acids is 1. The minimum absolute atomic E-state index is 0.0415. The minimum Gasteiger partial charge on any atom is -0.477 e. The summed E-state index contributed by atoms with van der Waals surface area (Å²) >= 11 is 0. The van der Waals surface area contributed by atoms with Crippen molar-refractivity contribution in [3.05, 3.63) is 11.3 Å². The third-order valence-corrected chi connectivity index (χ3v) is 5.28. The van der Waals surface area contributed by atoms with E-state index in [0.717, 1.165) is 18.5 Å². The highest BCUT2D eigenvalue weighted by atomic mass is 16.4. The lowest BCUT2D eigenvalue weighted by atomic mass is 9.76. The first-order chi connectivity index (χ1) is 10.3. The average molecular weight is 309 g/mol. The summed E-state index contributed by atoms with van der Waals surface area (Å²) in [6, 6.07) is -0.225. The number of hydrogen-bond donors (Lipinski definition) is 4. The smallest absolute Gasteiger partial charge is 0.352 e. The number of carboxylic acids is 1. The van der Waals surface area contributed by atoms with E-state index >= 15 is 0 Å². The SMILES string of the molecule is C[C@@H](O)[C@H]1C(=O)N2C(C(=O)O)=C(C[C@@H]3CN[C@H](N)C3)[C@H](C)[C@H]12. The molecular formula is C15H23N3O4.